The molecule has 25 heavy (non-hydrogen) atoms. The maximum Gasteiger partial charge on any atom is 0.328 e. The van der Waals surface area contributed by atoms with E-state index in [0.717, 1.165) is 0 Å². The molecule has 1 aliphatic rings. The van der Waals surface area contributed by atoms with Crippen LogP contribution in [0.3, 0.4) is 0 Å². The first-order valence-corrected chi connectivity index (χ1v) is 8.46. The molecule has 0 spiro atoms. The molecule has 0 bridgehead atoms. The number of nitrogens with zero attached hydrogens (tertiary/aromatic N) is 2. The maximum absolute atomic E-state index is 11.9. The first-order chi connectivity index (χ1) is 11.8. The number of esters is 1. The fraction of sp³-hybridized carbons (Fsp3) is 0.200. The van der Waals surface area contributed by atoms with E-state index in [1.807, 2.05) is 0 Å². The highest BCUT2D eigenvalue weighted by atomic mass is 32.2. The van der Waals surface area contributed by atoms with Gasteiger partial charge in [-0.25, -0.2) is 8.42 Å². The number of sulfonamides is 1. The third-order valence-corrected chi connectivity index (χ3v) is 4.58. The SMILES string of the molecule is CC(N)=C(C#N)C(=O)COC(=O)CN=C1NS(=O)(=O)c2ccccc21. The molecule has 0 aliphatic carbocycles. The number of nitrogens with one attached hydrogen (secondary N) is 1. The Morgan fingerprint density at radius 2 is 2.04 bits per heavy atom. The van der Waals surface area contributed by atoms with Crippen molar-refractivity contribution >= 4 is 27.6 Å². The molecule has 0 saturated carbocycles. The van der Waals surface area contributed by atoms with Crippen LogP contribution in [0.15, 0.2) is 45.4 Å². The summed E-state index contributed by atoms with van der Waals surface area (Å²) in [7, 11) is -3.70. The fourth-order valence-electron chi connectivity index (χ4n) is 2.03. The van der Waals surface area contributed by atoms with Crippen molar-refractivity contribution in [3.05, 3.63) is 41.1 Å². The van der Waals surface area contributed by atoms with Crippen molar-refractivity contribution < 1.29 is 22.7 Å². The highest BCUT2D eigenvalue weighted by Crippen LogP contribution is 2.21. The van der Waals surface area contributed by atoms with Crippen LogP contribution in [0.25, 0.3) is 0 Å². The topological polar surface area (TPSA) is 152 Å². The van der Waals surface area contributed by atoms with E-state index in [1.54, 1.807) is 24.3 Å². The molecule has 1 heterocycles. The number of rotatable bonds is 5. The Morgan fingerprint density at radius 3 is 2.68 bits per heavy atom. The summed E-state index contributed by atoms with van der Waals surface area (Å²) in [5.41, 5.74) is 5.47. The van der Waals surface area contributed by atoms with E-state index in [4.69, 9.17) is 15.7 Å². The predicted molar refractivity (Wildman–Crippen MR) is 86.6 cm³/mol. The van der Waals surface area contributed by atoms with Crippen LogP contribution < -0.4 is 10.5 Å². The Kier molecular flexibility index (Phi) is 5.19. The lowest BCUT2D eigenvalue weighted by atomic mass is 10.1. The van der Waals surface area contributed by atoms with Crippen LogP contribution in [0.4, 0.5) is 0 Å². The van der Waals surface area contributed by atoms with Crippen LogP contribution in [0, 0.1) is 11.3 Å². The van der Waals surface area contributed by atoms with Gasteiger partial charge in [0.25, 0.3) is 10.0 Å². The normalized spacial score (nSPS) is 17.0. The van der Waals surface area contributed by atoms with Gasteiger partial charge in [0.1, 0.15) is 24.0 Å². The molecule has 2 rings (SSSR count). The summed E-state index contributed by atoms with van der Waals surface area (Å²) >= 11 is 0. The third-order valence-electron chi connectivity index (χ3n) is 3.18. The van der Waals surface area contributed by atoms with Gasteiger partial charge in [-0.15, -0.1) is 0 Å². The highest BCUT2D eigenvalue weighted by molar-refractivity contribution is 7.90. The van der Waals surface area contributed by atoms with Crippen molar-refractivity contribution in [1.29, 1.82) is 5.26 Å². The Hall–Kier alpha value is -3.19. The van der Waals surface area contributed by atoms with Gasteiger partial charge in [-0.1, -0.05) is 12.1 Å². The lowest BCUT2D eigenvalue weighted by molar-refractivity contribution is -0.145. The summed E-state index contributed by atoms with van der Waals surface area (Å²) < 4.78 is 30.8. The second kappa shape index (κ2) is 7.14. The lowest BCUT2D eigenvalue weighted by Gasteiger charge is -2.03. The number of ketones is 1. The van der Waals surface area contributed by atoms with Crippen molar-refractivity contribution in [2.24, 2.45) is 10.7 Å². The van der Waals surface area contributed by atoms with Gasteiger partial charge in [0.2, 0.25) is 5.78 Å². The minimum absolute atomic E-state index is 0.0225. The Balaban J connectivity index is 2.02. The molecule has 0 saturated heterocycles. The second-order valence-corrected chi connectivity index (χ2v) is 6.67. The molecule has 130 valence electrons. The summed E-state index contributed by atoms with van der Waals surface area (Å²) in [5, 5.41) is 8.78. The predicted octanol–water partition coefficient (Wildman–Crippen LogP) is -0.406. The number of allylic oxidation sites excluding steroid dienone is 1. The number of hydrogen-bond donors (Lipinski definition) is 2. The number of amidine groups is 1. The van der Waals surface area contributed by atoms with Crippen LogP contribution in [0.2, 0.25) is 0 Å². The number of carbonyl (C=O) groups excluding carboxylic acids is 2. The van der Waals surface area contributed by atoms with E-state index in [2.05, 4.69) is 9.71 Å². The maximum atomic E-state index is 11.9. The fourth-order valence-corrected chi connectivity index (χ4v) is 3.28. The lowest BCUT2D eigenvalue weighted by Crippen LogP contribution is -2.24. The minimum atomic E-state index is -3.70. The molecule has 9 nitrogen and oxygen atoms in total. The van der Waals surface area contributed by atoms with Crippen LogP contribution in [-0.4, -0.2) is 39.2 Å². The molecule has 1 aromatic carbocycles. The van der Waals surface area contributed by atoms with Gasteiger partial charge in [-0.2, -0.15) is 5.26 Å². The van der Waals surface area contributed by atoms with E-state index in [-0.39, 0.29) is 22.0 Å². The monoisotopic (exact) mass is 362 g/mol. The quantitative estimate of drug-likeness (QED) is 0.410. The minimum Gasteiger partial charge on any atom is -0.456 e. The summed E-state index contributed by atoms with van der Waals surface area (Å²) in [6.07, 6.45) is 0. The van der Waals surface area contributed by atoms with Crippen molar-refractivity contribution in [2.45, 2.75) is 11.8 Å². The number of nitrogens with two attached hydrogens (primary N) is 1. The number of aliphatic imine (C=N–C) groups is 1. The largest absolute Gasteiger partial charge is 0.456 e. The molecule has 0 fully saturated rings. The zero-order chi connectivity index (χ0) is 18.6. The van der Waals surface area contributed by atoms with E-state index in [0.29, 0.717) is 5.56 Å². The molecule has 0 radical (unpaired) electrons. The number of benzene rings is 1. The molecule has 0 atom stereocenters. The van der Waals surface area contributed by atoms with Crippen molar-refractivity contribution in [2.75, 3.05) is 13.2 Å². The van der Waals surface area contributed by atoms with Gasteiger partial charge in [-0.3, -0.25) is 19.3 Å². The summed E-state index contributed by atoms with van der Waals surface area (Å²) in [5.74, 6) is -1.55. The molecule has 1 aromatic rings. The van der Waals surface area contributed by atoms with Crippen LogP contribution in [0.1, 0.15) is 12.5 Å². The van der Waals surface area contributed by atoms with E-state index in [1.165, 1.54) is 13.0 Å². The molecule has 0 unspecified atom stereocenters. The van der Waals surface area contributed by atoms with Crippen molar-refractivity contribution in [1.82, 2.24) is 4.72 Å². The number of carbonyl (C=O) groups is 2. The molecular formula is C15H14N4O5S. The average Bonchev–Trinajstić information content (AvgIpc) is 2.82. The molecule has 1 aliphatic heterocycles. The zero-order valence-electron chi connectivity index (χ0n) is 13.1. The van der Waals surface area contributed by atoms with E-state index >= 15 is 0 Å². The third kappa shape index (κ3) is 4.02. The Morgan fingerprint density at radius 1 is 1.36 bits per heavy atom. The standard InChI is InChI=1S/C15H14N4O5S/c1-9(17)11(6-16)12(20)8-24-14(21)7-18-15-10-4-2-3-5-13(10)25(22,23)19-15/h2-5H,7-8,17H2,1H3,(H,18,19). The molecule has 10 heteroatoms. The van der Waals surface area contributed by atoms with Crippen LogP contribution in [0.5, 0.6) is 0 Å². The number of hydrogen-bond acceptors (Lipinski definition) is 8. The van der Waals surface area contributed by atoms with Gasteiger partial charge in [0.05, 0.1) is 4.90 Å². The first kappa shape index (κ1) is 18.2. The first-order valence-electron chi connectivity index (χ1n) is 6.98. The van der Waals surface area contributed by atoms with Gasteiger partial charge in [0.15, 0.2) is 6.61 Å². The van der Waals surface area contributed by atoms with Crippen LogP contribution in [-0.2, 0) is 24.3 Å². The van der Waals surface area contributed by atoms with E-state index in [9.17, 15) is 18.0 Å². The highest BCUT2D eigenvalue weighted by Gasteiger charge is 2.30. The van der Waals surface area contributed by atoms with Gasteiger partial charge in [0, 0.05) is 11.3 Å². The molecule has 0 amide bonds. The summed E-state index contributed by atoms with van der Waals surface area (Å²) in [4.78, 5) is 27.3. The van der Waals surface area contributed by atoms with Crippen molar-refractivity contribution in [3.8, 4) is 6.07 Å². The smallest absolute Gasteiger partial charge is 0.328 e. The number of fused-ring (bicyclic) bond motifs is 1. The summed E-state index contributed by atoms with van der Waals surface area (Å²) in [6.45, 7) is 0.240. The molecule has 0 aromatic heterocycles. The second-order valence-electron chi connectivity index (χ2n) is 5.02. The Labute approximate surface area is 143 Å². The van der Waals surface area contributed by atoms with E-state index < -0.39 is 34.9 Å². The van der Waals surface area contributed by atoms with Crippen molar-refractivity contribution in [3.63, 3.8) is 0 Å². The molecular weight excluding hydrogens is 348 g/mol. The number of ether oxygens (including phenoxy) is 1. The zero-order valence-corrected chi connectivity index (χ0v) is 14.0. The number of nitriles is 1. The Bertz CT molecular complexity index is 937. The van der Waals surface area contributed by atoms with Gasteiger partial charge >= 0.3 is 5.97 Å². The summed E-state index contributed by atoms with van der Waals surface area (Å²) in [6, 6.07) is 7.81. The van der Waals surface area contributed by atoms with Crippen LogP contribution >= 0.6 is 0 Å². The van der Waals surface area contributed by atoms with Gasteiger partial charge < -0.3 is 10.5 Å². The average molecular weight is 362 g/mol. The molecule has 3 N–H and O–H groups in total. The number of Topliss-reactive ketones (excluding diaryl/α,β-unsaturated/α-hetero) is 1. The van der Waals surface area contributed by atoms with Gasteiger partial charge in [-0.05, 0) is 19.1 Å².